The first-order chi connectivity index (χ1) is 15.9. The monoisotopic (exact) mass is 411 g/mol. The second kappa shape index (κ2) is 6.49. The van der Waals surface area contributed by atoms with Crippen molar-refractivity contribution in [3.63, 3.8) is 0 Å². The van der Waals surface area contributed by atoms with Crippen molar-refractivity contribution in [2.45, 2.75) is 0 Å². The van der Waals surface area contributed by atoms with E-state index in [1.54, 1.807) is 12.4 Å². The molecule has 7 aromatic rings. The fraction of sp³-hybridized carbons (Fsp3) is 0. The molecule has 32 heavy (non-hydrogen) atoms. The number of para-hydroxylation sites is 2. The Labute approximate surface area is 183 Å². The van der Waals surface area contributed by atoms with E-state index in [2.05, 4.69) is 84.7 Å². The quantitative estimate of drug-likeness (QED) is 0.347. The third kappa shape index (κ3) is 2.25. The van der Waals surface area contributed by atoms with Gasteiger partial charge in [0.2, 0.25) is 5.95 Å². The summed E-state index contributed by atoms with van der Waals surface area (Å²) in [6.07, 6.45) is 5.42. The SMILES string of the molecule is c1ccc(-n2c3ccccc3c3c2ccc2c4ccccc4n(-c4ncccn4)c23)nc1. The van der Waals surface area contributed by atoms with Gasteiger partial charge in [-0.1, -0.05) is 48.5 Å². The smallest absolute Gasteiger partial charge is 0.234 e. The van der Waals surface area contributed by atoms with Crippen LogP contribution in [0.2, 0.25) is 0 Å². The zero-order valence-electron chi connectivity index (χ0n) is 17.1. The molecule has 0 saturated heterocycles. The lowest BCUT2D eigenvalue weighted by molar-refractivity contribution is 0.991. The van der Waals surface area contributed by atoms with Gasteiger partial charge in [-0.2, -0.15) is 0 Å². The van der Waals surface area contributed by atoms with Gasteiger partial charge in [0.05, 0.1) is 22.1 Å². The van der Waals surface area contributed by atoms with E-state index in [9.17, 15) is 0 Å². The Bertz CT molecular complexity index is 1760. The van der Waals surface area contributed by atoms with Crippen molar-refractivity contribution in [1.29, 1.82) is 0 Å². The molecule has 0 aliphatic heterocycles. The molecule has 0 unspecified atom stereocenters. The maximum Gasteiger partial charge on any atom is 0.234 e. The van der Waals surface area contributed by atoms with Crippen LogP contribution in [-0.2, 0) is 0 Å². The van der Waals surface area contributed by atoms with Gasteiger partial charge in [-0.3, -0.25) is 9.13 Å². The van der Waals surface area contributed by atoms with Crippen LogP contribution in [0.1, 0.15) is 0 Å². The normalized spacial score (nSPS) is 11.8. The van der Waals surface area contributed by atoms with Crippen LogP contribution < -0.4 is 0 Å². The van der Waals surface area contributed by atoms with E-state index in [0.717, 1.165) is 27.9 Å². The molecule has 0 atom stereocenters. The average molecular weight is 411 g/mol. The Morgan fingerprint density at radius 1 is 0.469 bits per heavy atom. The zero-order chi connectivity index (χ0) is 21.1. The first-order valence-corrected chi connectivity index (χ1v) is 10.6. The molecule has 5 nitrogen and oxygen atoms in total. The minimum atomic E-state index is 0.667. The highest BCUT2D eigenvalue weighted by molar-refractivity contribution is 6.25. The summed E-state index contributed by atoms with van der Waals surface area (Å²) in [5, 5.41) is 4.72. The van der Waals surface area contributed by atoms with Crippen LogP contribution in [0.3, 0.4) is 0 Å². The number of nitrogens with zero attached hydrogens (tertiary/aromatic N) is 5. The van der Waals surface area contributed by atoms with Crippen LogP contribution in [-0.4, -0.2) is 24.1 Å². The molecule has 0 aliphatic carbocycles. The van der Waals surface area contributed by atoms with Crippen molar-refractivity contribution in [2.24, 2.45) is 0 Å². The number of pyridine rings is 1. The lowest BCUT2D eigenvalue weighted by Gasteiger charge is -2.07. The Hall–Kier alpha value is -4.51. The number of hydrogen-bond acceptors (Lipinski definition) is 3. The average Bonchev–Trinajstić information content (AvgIpc) is 3.38. The summed E-state index contributed by atoms with van der Waals surface area (Å²) in [6, 6.07) is 29.2. The largest absolute Gasteiger partial charge is 0.294 e. The first kappa shape index (κ1) is 17.2. The van der Waals surface area contributed by atoms with E-state index >= 15 is 0 Å². The predicted molar refractivity (Wildman–Crippen MR) is 129 cm³/mol. The molecular formula is C27H17N5. The van der Waals surface area contributed by atoms with Gasteiger partial charge in [-0.25, -0.2) is 15.0 Å². The second-order valence-electron chi connectivity index (χ2n) is 7.80. The van der Waals surface area contributed by atoms with Gasteiger partial charge >= 0.3 is 0 Å². The van der Waals surface area contributed by atoms with Gasteiger partial charge in [0.25, 0.3) is 0 Å². The van der Waals surface area contributed by atoms with E-state index in [1.807, 2.05) is 30.5 Å². The van der Waals surface area contributed by atoms with Gasteiger partial charge in [0.1, 0.15) is 5.82 Å². The van der Waals surface area contributed by atoms with E-state index < -0.39 is 0 Å². The number of benzene rings is 3. The molecule has 0 N–H and O–H groups in total. The van der Waals surface area contributed by atoms with E-state index in [4.69, 9.17) is 0 Å². The Morgan fingerprint density at radius 3 is 1.94 bits per heavy atom. The van der Waals surface area contributed by atoms with Crippen LogP contribution in [0.15, 0.2) is 104 Å². The summed E-state index contributed by atoms with van der Waals surface area (Å²) < 4.78 is 4.42. The summed E-state index contributed by atoms with van der Waals surface area (Å²) in [5.41, 5.74) is 4.44. The molecule has 0 spiro atoms. The summed E-state index contributed by atoms with van der Waals surface area (Å²) >= 11 is 0. The maximum atomic E-state index is 4.66. The highest BCUT2D eigenvalue weighted by Gasteiger charge is 2.21. The molecule has 0 aliphatic rings. The van der Waals surface area contributed by atoms with Crippen LogP contribution in [0.5, 0.6) is 0 Å². The molecule has 0 fully saturated rings. The fourth-order valence-corrected chi connectivity index (χ4v) is 4.86. The fourth-order valence-electron chi connectivity index (χ4n) is 4.86. The van der Waals surface area contributed by atoms with Crippen LogP contribution in [0.25, 0.3) is 55.4 Å². The van der Waals surface area contributed by atoms with Gasteiger partial charge < -0.3 is 0 Å². The first-order valence-electron chi connectivity index (χ1n) is 10.6. The van der Waals surface area contributed by atoms with Crippen molar-refractivity contribution in [2.75, 3.05) is 0 Å². The Balaban J connectivity index is 1.77. The minimum Gasteiger partial charge on any atom is -0.294 e. The minimum absolute atomic E-state index is 0.667. The van der Waals surface area contributed by atoms with Crippen molar-refractivity contribution < 1.29 is 0 Å². The van der Waals surface area contributed by atoms with Crippen molar-refractivity contribution in [1.82, 2.24) is 24.1 Å². The van der Waals surface area contributed by atoms with Gasteiger partial charge in [-0.15, -0.1) is 0 Å². The summed E-state index contributed by atoms with van der Waals surface area (Å²) in [6.45, 7) is 0. The van der Waals surface area contributed by atoms with Crippen LogP contribution in [0, 0.1) is 0 Å². The van der Waals surface area contributed by atoms with Crippen LogP contribution in [0.4, 0.5) is 0 Å². The maximum absolute atomic E-state index is 4.66. The van der Waals surface area contributed by atoms with Gasteiger partial charge in [0.15, 0.2) is 0 Å². The van der Waals surface area contributed by atoms with E-state index in [1.165, 1.54) is 21.5 Å². The standard InChI is InChI=1S/C27H17N5/c1-3-10-21-18(8-1)19-13-14-23-25(26(19)32(21)27-29-16-7-17-30-27)20-9-2-4-11-22(20)31(23)24-12-5-6-15-28-24/h1-17H. The molecule has 4 aromatic heterocycles. The summed E-state index contributed by atoms with van der Waals surface area (Å²) in [4.78, 5) is 13.9. The second-order valence-corrected chi connectivity index (χ2v) is 7.80. The molecule has 150 valence electrons. The molecule has 5 heteroatoms. The topological polar surface area (TPSA) is 48.5 Å². The number of fused-ring (bicyclic) bond motifs is 7. The van der Waals surface area contributed by atoms with Crippen molar-refractivity contribution in [3.8, 4) is 11.8 Å². The predicted octanol–water partition coefficient (Wildman–Crippen LogP) is 6.07. The third-order valence-electron chi connectivity index (χ3n) is 6.10. The molecule has 7 rings (SSSR count). The van der Waals surface area contributed by atoms with E-state index in [0.29, 0.717) is 5.95 Å². The molecular weight excluding hydrogens is 394 g/mol. The molecule has 0 saturated carbocycles. The highest BCUT2D eigenvalue weighted by atomic mass is 15.2. The number of aromatic nitrogens is 5. The highest BCUT2D eigenvalue weighted by Crippen LogP contribution is 2.40. The van der Waals surface area contributed by atoms with Crippen LogP contribution >= 0.6 is 0 Å². The number of rotatable bonds is 2. The molecule has 0 amide bonds. The van der Waals surface area contributed by atoms with Crippen molar-refractivity contribution >= 4 is 43.6 Å². The molecule has 0 radical (unpaired) electrons. The van der Waals surface area contributed by atoms with E-state index in [-0.39, 0.29) is 0 Å². The third-order valence-corrected chi connectivity index (χ3v) is 6.10. The van der Waals surface area contributed by atoms with Gasteiger partial charge in [0, 0.05) is 40.1 Å². The lowest BCUT2D eigenvalue weighted by atomic mass is 10.1. The molecule has 4 heterocycles. The van der Waals surface area contributed by atoms with Gasteiger partial charge in [-0.05, 0) is 36.4 Å². The Kier molecular flexibility index (Phi) is 3.49. The summed E-state index contributed by atoms with van der Waals surface area (Å²) in [5.74, 6) is 1.57. The van der Waals surface area contributed by atoms with Crippen molar-refractivity contribution in [3.05, 3.63) is 104 Å². The number of hydrogen-bond donors (Lipinski definition) is 0. The molecule has 3 aromatic carbocycles. The Morgan fingerprint density at radius 2 is 1.16 bits per heavy atom. The summed E-state index contributed by atoms with van der Waals surface area (Å²) in [7, 11) is 0. The lowest BCUT2D eigenvalue weighted by Crippen LogP contribution is -2.00. The molecule has 0 bridgehead atoms. The zero-order valence-corrected chi connectivity index (χ0v) is 17.1.